The minimum Gasteiger partial charge on any atom is -0.368 e. The van der Waals surface area contributed by atoms with Gasteiger partial charge >= 0.3 is 12.4 Å². The maximum absolute atomic E-state index is 13.7. The molecule has 2 aliphatic rings. The second-order valence-corrected chi connectivity index (χ2v) is 12.0. The highest BCUT2D eigenvalue weighted by molar-refractivity contribution is 5.37. The van der Waals surface area contributed by atoms with Crippen LogP contribution >= 0.6 is 0 Å². The number of nitrogens with zero attached hydrogens (tertiary/aromatic N) is 5. The summed E-state index contributed by atoms with van der Waals surface area (Å²) in [7, 11) is 1.79. The third-order valence-corrected chi connectivity index (χ3v) is 9.48. The molecule has 4 aromatic rings. The molecular weight excluding hydrogens is 596 g/mol. The Morgan fingerprint density at radius 1 is 0.822 bits per heavy atom. The molecule has 6 atom stereocenters. The van der Waals surface area contributed by atoms with E-state index in [1.54, 1.807) is 11.7 Å². The molecule has 2 saturated heterocycles. The fraction of sp³-hybridized carbons (Fsp3) is 0.424. The van der Waals surface area contributed by atoms with Crippen molar-refractivity contribution in [2.24, 2.45) is 7.05 Å². The first-order chi connectivity index (χ1) is 21.3. The van der Waals surface area contributed by atoms with Crippen LogP contribution in [-0.4, -0.2) is 37.3 Å². The van der Waals surface area contributed by atoms with Crippen LogP contribution < -0.4 is 0 Å². The van der Waals surface area contributed by atoms with E-state index in [-0.39, 0.29) is 29.6 Å². The van der Waals surface area contributed by atoms with E-state index in [0.29, 0.717) is 25.1 Å². The molecule has 0 radical (unpaired) electrons. The topological polar surface area (TPSA) is 56.1 Å². The van der Waals surface area contributed by atoms with Crippen LogP contribution in [0.1, 0.15) is 84.8 Å². The summed E-state index contributed by atoms with van der Waals surface area (Å²) < 4.78 is 90.8. The summed E-state index contributed by atoms with van der Waals surface area (Å²) >= 11 is 0. The zero-order valence-electron chi connectivity index (χ0n) is 24.9. The van der Waals surface area contributed by atoms with Gasteiger partial charge in [0, 0.05) is 25.0 Å². The molecule has 0 N–H and O–H groups in total. The van der Waals surface area contributed by atoms with Gasteiger partial charge in [0.25, 0.3) is 0 Å². The molecule has 6 rings (SSSR count). The lowest BCUT2D eigenvalue weighted by atomic mass is 9.77. The summed E-state index contributed by atoms with van der Waals surface area (Å²) in [4.78, 5) is 2.42. The summed E-state index contributed by atoms with van der Waals surface area (Å²) in [6.45, 7) is 3.63. The molecule has 0 spiro atoms. The maximum Gasteiger partial charge on any atom is 0.416 e. The van der Waals surface area contributed by atoms with Crippen molar-refractivity contribution < 1.29 is 31.1 Å². The minimum atomic E-state index is -4.95. The normalized spacial score (nSPS) is 25.3. The van der Waals surface area contributed by atoms with E-state index in [1.807, 2.05) is 48.5 Å². The molecular formula is C33H33F6N5O. The van der Waals surface area contributed by atoms with E-state index >= 15 is 0 Å². The number of fused-ring (bicyclic) bond motifs is 2. The SMILES string of the molecule is CC(O[C@H]1CC[C@@H]2[C@@H](c3nnnn3C)C[C@@]1(c1ccccc1)N2C(C)c1ccccc1)c1cc(C(F)(F)F)cc(C(F)(F)F)c1. The molecule has 0 aliphatic carbocycles. The van der Waals surface area contributed by atoms with Gasteiger partial charge in [-0.3, -0.25) is 4.90 Å². The van der Waals surface area contributed by atoms with Gasteiger partial charge in [-0.05, 0) is 78.4 Å². The number of benzene rings is 3. The van der Waals surface area contributed by atoms with Crippen LogP contribution in [0.15, 0.2) is 78.9 Å². The van der Waals surface area contributed by atoms with Crippen molar-refractivity contribution in [1.29, 1.82) is 0 Å². The molecule has 2 unspecified atom stereocenters. The summed E-state index contributed by atoms with van der Waals surface area (Å²) in [5.41, 5.74) is -1.68. The van der Waals surface area contributed by atoms with Gasteiger partial charge in [-0.2, -0.15) is 26.3 Å². The highest BCUT2D eigenvalue weighted by Gasteiger charge is 2.62. The molecule has 0 saturated carbocycles. The highest BCUT2D eigenvalue weighted by Crippen LogP contribution is 2.60. The number of aryl methyl sites for hydroxylation is 1. The van der Waals surface area contributed by atoms with Gasteiger partial charge in [0.15, 0.2) is 5.82 Å². The Bertz CT molecular complexity index is 1590. The first-order valence-electron chi connectivity index (χ1n) is 14.9. The van der Waals surface area contributed by atoms with Crippen molar-refractivity contribution >= 4 is 0 Å². The van der Waals surface area contributed by atoms with Crippen molar-refractivity contribution in [3.63, 3.8) is 0 Å². The number of piperidine rings is 1. The Hall–Kier alpha value is -3.77. The molecule has 2 fully saturated rings. The fourth-order valence-electron chi connectivity index (χ4n) is 7.50. The third-order valence-electron chi connectivity index (χ3n) is 9.48. The van der Waals surface area contributed by atoms with Crippen molar-refractivity contribution in [2.45, 2.75) is 81.2 Å². The number of alkyl halides is 6. The largest absolute Gasteiger partial charge is 0.416 e. The van der Waals surface area contributed by atoms with E-state index in [0.717, 1.165) is 23.3 Å². The zero-order chi connectivity index (χ0) is 32.1. The molecule has 12 heteroatoms. The second-order valence-electron chi connectivity index (χ2n) is 12.0. The Labute approximate surface area is 257 Å². The number of aromatic nitrogens is 4. The van der Waals surface area contributed by atoms with Gasteiger partial charge in [0.05, 0.1) is 28.9 Å². The van der Waals surface area contributed by atoms with E-state index in [9.17, 15) is 26.3 Å². The molecule has 2 aliphatic heterocycles. The molecule has 2 bridgehead atoms. The van der Waals surface area contributed by atoms with Crippen molar-refractivity contribution in [3.05, 3.63) is 113 Å². The van der Waals surface area contributed by atoms with E-state index in [2.05, 4.69) is 39.5 Å². The summed E-state index contributed by atoms with van der Waals surface area (Å²) in [5, 5.41) is 12.4. The zero-order valence-corrected chi connectivity index (χ0v) is 24.9. The van der Waals surface area contributed by atoms with Crippen LogP contribution in [0.3, 0.4) is 0 Å². The Balaban J connectivity index is 1.48. The lowest BCUT2D eigenvalue weighted by Crippen LogP contribution is -2.57. The minimum absolute atomic E-state index is 0.00865. The predicted molar refractivity (Wildman–Crippen MR) is 154 cm³/mol. The number of hydrogen-bond donors (Lipinski definition) is 0. The van der Waals surface area contributed by atoms with Crippen LogP contribution in [0.5, 0.6) is 0 Å². The lowest BCUT2D eigenvalue weighted by molar-refractivity contribution is -0.145. The van der Waals surface area contributed by atoms with Crippen LogP contribution in [-0.2, 0) is 29.7 Å². The summed E-state index contributed by atoms with van der Waals surface area (Å²) in [5.74, 6) is 0.607. The molecule has 3 aromatic carbocycles. The van der Waals surface area contributed by atoms with Crippen LogP contribution in [0.4, 0.5) is 26.3 Å². The van der Waals surface area contributed by atoms with Gasteiger partial charge in [0.2, 0.25) is 0 Å². The summed E-state index contributed by atoms with van der Waals surface area (Å²) in [6, 6.07) is 21.3. The molecule has 0 amide bonds. The predicted octanol–water partition coefficient (Wildman–Crippen LogP) is 8.00. The second kappa shape index (κ2) is 11.5. The van der Waals surface area contributed by atoms with Gasteiger partial charge < -0.3 is 4.74 Å². The summed E-state index contributed by atoms with van der Waals surface area (Å²) in [6.07, 6.45) is -9.81. The molecule has 6 nitrogen and oxygen atoms in total. The van der Waals surface area contributed by atoms with E-state index in [4.69, 9.17) is 4.74 Å². The van der Waals surface area contributed by atoms with Crippen LogP contribution in [0, 0.1) is 0 Å². The van der Waals surface area contributed by atoms with E-state index < -0.39 is 41.2 Å². The maximum atomic E-state index is 13.7. The lowest BCUT2D eigenvalue weighted by Gasteiger charge is -2.53. The Morgan fingerprint density at radius 3 is 1.98 bits per heavy atom. The Kier molecular flexibility index (Phi) is 8.01. The first kappa shape index (κ1) is 31.2. The smallest absolute Gasteiger partial charge is 0.368 e. The molecule has 238 valence electrons. The van der Waals surface area contributed by atoms with Crippen molar-refractivity contribution in [3.8, 4) is 0 Å². The van der Waals surface area contributed by atoms with Gasteiger partial charge in [-0.1, -0.05) is 60.7 Å². The van der Waals surface area contributed by atoms with Gasteiger partial charge in [-0.15, -0.1) is 5.10 Å². The number of ether oxygens (including phenoxy) is 1. The number of tetrazole rings is 1. The number of rotatable bonds is 7. The standard InChI is InChI=1S/C33H33F6N5O/c1-20(22-10-6-4-7-11-22)44-28-14-15-29(45-21(2)23-16-25(32(34,35)36)18-26(17-23)33(37,38)39)31(44,24-12-8-5-9-13-24)19-27(28)30-40-41-42-43(30)3/h4-13,16-18,20-21,27-29H,14-15,19H2,1-3H3/t20?,21?,27-,28+,29-,31-/m0/s1. The molecule has 3 heterocycles. The number of hydrogen-bond acceptors (Lipinski definition) is 5. The van der Waals surface area contributed by atoms with Crippen molar-refractivity contribution in [1.82, 2.24) is 25.1 Å². The number of halogens is 6. The monoisotopic (exact) mass is 629 g/mol. The van der Waals surface area contributed by atoms with Gasteiger partial charge in [0.1, 0.15) is 0 Å². The fourth-order valence-corrected chi connectivity index (χ4v) is 7.50. The third kappa shape index (κ3) is 5.63. The first-order valence-corrected chi connectivity index (χ1v) is 14.9. The average Bonchev–Trinajstić information content (AvgIpc) is 3.55. The highest BCUT2D eigenvalue weighted by atomic mass is 19.4. The van der Waals surface area contributed by atoms with E-state index in [1.165, 1.54) is 6.92 Å². The van der Waals surface area contributed by atoms with Crippen LogP contribution in [0.2, 0.25) is 0 Å². The average molecular weight is 630 g/mol. The van der Waals surface area contributed by atoms with Crippen molar-refractivity contribution in [2.75, 3.05) is 0 Å². The Morgan fingerprint density at radius 2 is 1.42 bits per heavy atom. The molecule has 1 aromatic heterocycles. The van der Waals surface area contributed by atoms with Crippen LogP contribution in [0.25, 0.3) is 0 Å². The molecule has 45 heavy (non-hydrogen) atoms. The van der Waals surface area contributed by atoms with Gasteiger partial charge in [-0.25, -0.2) is 4.68 Å². The quantitative estimate of drug-likeness (QED) is 0.194.